The largest absolute Gasteiger partial charge is 0.490 e. The molecule has 3 heterocycles. The zero-order chi connectivity index (χ0) is 24.8. The van der Waals surface area contributed by atoms with E-state index < -0.39 is 17.8 Å². The zero-order valence-electron chi connectivity index (χ0n) is 18.3. The second-order valence-corrected chi connectivity index (χ2v) is 6.80. The van der Waals surface area contributed by atoms with E-state index in [1.165, 1.54) is 4.57 Å². The van der Waals surface area contributed by atoms with Gasteiger partial charge in [-0.1, -0.05) is 11.8 Å². The minimum Gasteiger partial charge on any atom is -0.475 e. The van der Waals surface area contributed by atoms with Crippen molar-refractivity contribution in [3.63, 3.8) is 0 Å². The Labute approximate surface area is 186 Å². The summed E-state index contributed by atoms with van der Waals surface area (Å²) in [5, 5.41) is 10.4. The first-order chi connectivity index (χ1) is 15.5. The van der Waals surface area contributed by atoms with Crippen LogP contribution in [0.15, 0.2) is 9.59 Å². The van der Waals surface area contributed by atoms with Crippen molar-refractivity contribution in [2.24, 2.45) is 7.05 Å². The number of carboxylic acid groups (broad SMARTS) is 1. The highest BCUT2D eigenvalue weighted by atomic mass is 19.4. The summed E-state index contributed by atoms with van der Waals surface area (Å²) >= 11 is 0. The lowest BCUT2D eigenvalue weighted by Gasteiger charge is -2.28. The lowest BCUT2D eigenvalue weighted by Crippen LogP contribution is -2.44. The topological polar surface area (TPSA) is 114 Å². The molecule has 0 bridgehead atoms. The molecule has 3 rings (SSSR count). The fourth-order valence-corrected chi connectivity index (χ4v) is 3.07. The van der Waals surface area contributed by atoms with Crippen LogP contribution in [0.4, 0.5) is 19.1 Å². The summed E-state index contributed by atoms with van der Waals surface area (Å²) in [5.41, 5.74) is -0.0191. The normalized spacial score (nSPS) is 13.3. The maximum atomic E-state index is 13.0. The van der Waals surface area contributed by atoms with Gasteiger partial charge in [-0.15, -0.1) is 11.8 Å². The Morgan fingerprint density at radius 3 is 2.09 bits per heavy atom. The molecule has 2 aromatic rings. The molecular weight excluding hydrogens is 445 g/mol. The highest BCUT2D eigenvalue weighted by molar-refractivity contribution is 5.75. The predicted octanol–water partition coefficient (Wildman–Crippen LogP) is -0.0138. The molecule has 13 heteroatoms. The van der Waals surface area contributed by atoms with Crippen molar-refractivity contribution < 1.29 is 23.1 Å². The van der Waals surface area contributed by atoms with Gasteiger partial charge in [0.15, 0.2) is 11.2 Å². The third kappa shape index (κ3) is 5.75. The molecule has 0 atom stereocenters. The fourth-order valence-electron chi connectivity index (χ4n) is 3.07. The molecule has 0 unspecified atom stereocenters. The highest BCUT2D eigenvalue weighted by Gasteiger charge is 2.38. The van der Waals surface area contributed by atoms with Crippen LogP contribution in [0.2, 0.25) is 0 Å². The van der Waals surface area contributed by atoms with Gasteiger partial charge in [0.05, 0.1) is 13.1 Å². The van der Waals surface area contributed by atoms with E-state index in [1.54, 1.807) is 20.9 Å². The van der Waals surface area contributed by atoms with Crippen LogP contribution in [0.5, 0.6) is 0 Å². The number of aryl methyl sites for hydroxylation is 1. The molecule has 0 spiro atoms. The van der Waals surface area contributed by atoms with Crippen LogP contribution in [0.25, 0.3) is 11.2 Å². The number of carbonyl (C=O) groups is 1. The van der Waals surface area contributed by atoms with Crippen LogP contribution in [-0.4, -0.2) is 62.1 Å². The fraction of sp³-hybridized carbons (Fsp3) is 0.500. The average Bonchev–Trinajstić information content (AvgIpc) is 3.16. The number of rotatable bonds is 3. The molecule has 0 saturated carbocycles. The molecule has 2 aromatic heterocycles. The van der Waals surface area contributed by atoms with E-state index in [-0.39, 0.29) is 12.1 Å². The molecule has 0 amide bonds. The Bertz CT molecular complexity index is 1260. The third-order valence-corrected chi connectivity index (χ3v) is 4.68. The second-order valence-electron chi connectivity index (χ2n) is 6.80. The van der Waals surface area contributed by atoms with Crippen molar-refractivity contribution in [2.45, 2.75) is 33.1 Å². The first-order valence-corrected chi connectivity index (χ1v) is 9.79. The summed E-state index contributed by atoms with van der Waals surface area (Å²) in [6.45, 7) is 7.10. The van der Waals surface area contributed by atoms with Gasteiger partial charge in [0.2, 0.25) is 5.95 Å². The minimum atomic E-state index is -5.08. The number of nitrogens with zero attached hydrogens (tertiary/aromatic N) is 5. The third-order valence-electron chi connectivity index (χ3n) is 4.68. The number of anilines is 1. The van der Waals surface area contributed by atoms with Crippen molar-refractivity contribution in [2.75, 3.05) is 31.1 Å². The van der Waals surface area contributed by atoms with Gasteiger partial charge in [-0.25, -0.2) is 14.2 Å². The summed E-state index contributed by atoms with van der Waals surface area (Å²) in [4.78, 5) is 41.3. The average molecular weight is 468 g/mol. The number of hydrogen-bond acceptors (Lipinski definition) is 6. The van der Waals surface area contributed by atoms with Gasteiger partial charge in [-0.3, -0.25) is 13.9 Å². The van der Waals surface area contributed by atoms with Crippen molar-refractivity contribution in [1.82, 2.24) is 24.0 Å². The molecule has 33 heavy (non-hydrogen) atoms. The van der Waals surface area contributed by atoms with E-state index in [0.717, 1.165) is 30.7 Å². The van der Waals surface area contributed by atoms with Crippen molar-refractivity contribution in [3.8, 4) is 23.7 Å². The molecule has 1 aliphatic rings. The molecule has 1 saturated heterocycles. The number of alkyl halides is 3. The van der Waals surface area contributed by atoms with Gasteiger partial charge in [0.1, 0.15) is 0 Å². The molecule has 0 aliphatic carbocycles. The standard InChI is InChI=1S/C18H22N6O2.C2HF3O2/c1-4-6-10-23-14-15(20-17(23)22-12-8-19-9-13-22)21(3)18(26)24(16(14)25)11-7-5-2;3-2(4,5)1(6)7/h19H,8-13H2,1-3H3;(H,6,7). The van der Waals surface area contributed by atoms with E-state index in [4.69, 9.17) is 9.90 Å². The van der Waals surface area contributed by atoms with E-state index in [9.17, 15) is 22.8 Å². The summed E-state index contributed by atoms with van der Waals surface area (Å²) in [6, 6.07) is 0. The minimum absolute atomic E-state index is 0.0611. The monoisotopic (exact) mass is 468 g/mol. The number of hydrogen-bond donors (Lipinski definition) is 2. The first-order valence-electron chi connectivity index (χ1n) is 9.79. The van der Waals surface area contributed by atoms with Crippen molar-refractivity contribution in [1.29, 1.82) is 0 Å². The maximum absolute atomic E-state index is 13.0. The Hall–Kier alpha value is -3.71. The van der Waals surface area contributed by atoms with Gasteiger partial charge in [-0.05, 0) is 13.8 Å². The SMILES string of the molecule is CC#CCn1c(=O)c2c(nc(N3CCNCC3)n2CC#CC)n(C)c1=O.O=C(O)C(F)(F)F. The first kappa shape index (κ1) is 25.5. The summed E-state index contributed by atoms with van der Waals surface area (Å²) < 4.78 is 36.1. The number of aromatic nitrogens is 4. The Balaban J connectivity index is 0.000000479. The number of imidazole rings is 1. The van der Waals surface area contributed by atoms with Gasteiger partial charge >= 0.3 is 17.8 Å². The summed E-state index contributed by atoms with van der Waals surface area (Å²) in [6.07, 6.45) is -5.08. The zero-order valence-corrected chi connectivity index (χ0v) is 18.3. The number of halogens is 3. The van der Waals surface area contributed by atoms with Gasteiger partial charge in [0, 0.05) is 33.2 Å². The molecule has 178 valence electrons. The van der Waals surface area contributed by atoms with E-state index in [0.29, 0.717) is 23.7 Å². The lowest BCUT2D eigenvalue weighted by molar-refractivity contribution is -0.192. The summed E-state index contributed by atoms with van der Waals surface area (Å²) in [7, 11) is 1.63. The van der Waals surface area contributed by atoms with Gasteiger partial charge in [0.25, 0.3) is 5.56 Å². The van der Waals surface area contributed by atoms with Crippen LogP contribution in [-0.2, 0) is 24.9 Å². The van der Waals surface area contributed by atoms with E-state index in [2.05, 4.69) is 38.9 Å². The van der Waals surface area contributed by atoms with Crippen LogP contribution < -0.4 is 21.5 Å². The molecule has 2 N–H and O–H groups in total. The van der Waals surface area contributed by atoms with Crippen LogP contribution in [0, 0.1) is 23.7 Å². The second kappa shape index (κ2) is 10.7. The van der Waals surface area contributed by atoms with E-state index in [1.807, 2.05) is 4.57 Å². The molecule has 0 radical (unpaired) electrons. The molecule has 0 aromatic carbocycles. The number of carboxylic acids is 1. The lowest BCUT2D eigenvalue weighted by atomic mass is 10.4. The van der Waals surface area contributed by atoms with Gasteiger partial charge in [-0.2, -0.15) is 18.2 Å². The Kier molecular flexibility index (Phi) is 8.32. The molecule has 1 aliphatic heterocycles. The number of fused-ring (bicyclic) bond motifs is 1. The van der Waals surface area contributed by atoms with E-state index >= 15 is 0 Å². The number of piperazine rings is 1. The van der Waals surface area contributed by atoms with Gasteiger partial charge < -0.3 is 15.3 Å². The maximum Gasteiger partial charge on any atom is 0.490 e. The Morgan fingerprint density at radius 1 is 1.09 bits per heavy atom. The molecule has 10 nitrogen and oxygen atoms in total. The number of nitrogens with one attached hydrogen (secondary N) is 1. The molecule has 1 fully saturated rings. The van der Waals surface area contributed by atoms with Crippen LogP contribution in [0.3, 0.4) is 0 Å². The van der Waals surface area contributed by atoms with Crippen LogP contribution in [0.1, 0.15) is 13.8 Å². The molecular formula is C20H23F3N6O4. The van der Waals surface area contributed by atoms with Crippen molar-refractivity contribution in [3.05, 3.63) is 20.8 Å². The predicted molar refractivity (Wildman–Crippen MR) is 115 cm³/mol. The smallest absolute Gasteiger partial charge is 0.475 e. The quantitative estimate of drug-likeness (QED) is 0.609. The number of aliphatic carboxylic acids is 1. The highest BCUT2D eigenvalue weighted by Crippen LogP contribution is 2.20. The van der Waals surface area contributed by atoms with Crippen LogP contribution >= 0.6 is 0 Å². The van der Waals surface area contributed by atoms with Crippen molar-refractivity contribution >= 4 is 23.1 Å². The Morgan fingerprint density at radius 2 is 1.61 bits per heavy atom. The summed E-state index contributed by atoms with van der Waals surface area (Å²) in [5.74, 6) is 9.32.